The number of halogens is 1. The van der Waals surface area contributed by atoms with E-state index in [0.29, 0.717) is 11.4 Å². The fraction of sp³-hybridized carbons (Fsp3) is 0.250. The fourth-order valence-electron chi connectivity index (χ4n) is 1.62. The average molecular weight is 375 g/mol. The summed E-state index contributed by atoms with van der Waals surface area (Å²) in [4.78, 5) is 15.4. The number of amidine groups is 1. The predicted octanol–water partition coefficient (Wildman–Crippen LogP) is 4.26. The zero-order chi connectivity index (χ0) is 17.0. The Morgan fingerprint density at radius 3 is 2.52 bits per heavy atom. The van der Waals surface area contributed by atoms with Crippen molar-refractivity contribution in [1.82, 2.24) is 5.16 Å². The van der Waals surface area contributed by atoms with Gasteiger partial charge in [0.05, 0.1) is 5.69 Å². The van der Waals surface area contributed by atoms with Crippen molar-refractivity contribution in [3.8, 4) is 0 Å². The molecule has 0 spiro atoms. The quantitative estimate of drug-likeness (QED) is 0.285. The number of hydrazone groups is 1. The van der Waals surface area contributed by atoms with Gasteiger partial charge >= 0.3 is 5.84 Å². The maximum atomic E-state index is 12.3. The van der Waals surface area contributed by atoms with E-state index in [1.54, 1.807) is 18.2 Å². The number of aromatic nitrogens is 1. The molecule has 1 heterocycles. The molecular weight excluding hydrogens is 360 g/mol. The maximum Gasteiger partial charge on any atom is 0.343 e. The molecule has 0 aliphatic heterocycles. The molecule has 1 aromatic carbocycles. The predicted molar refractivity (Wildman–Crippen MR) is 91.3 cm³/mol. The van der Waals surface area contributed by atoms with Crippen LogP contribution in [0.15, 0.2) is 44.4 Å². The second kappa shape index (κ2) is 6.75. The van der Waals surface area contributed by atoms with Crippen LogP contribution in [0.25, 0.3) is 4.85 Å². The molecule has 0 aliphatic rings. The third-order valence-corrected chi connectivity index (χ3v) is 3.45. The minimum absolute atomic E-state index is 0.0716. The number of nitrogens with one attached hydrogen (secondary N) is 1. The van der Waals surface area contributed by atoms with E-state index in [1.165, 1.54) is 0 Å². The molecule has 0 fully saturated rings. The van der Waals surface area contributed by atoms with Gasteiger partial charge in [0.2, 0.25) is 5.78 Å². The Labute approximate surface area is 142 Å². The average Bonchev–Trinajstić information content (AvgIpc) is 2.99. The molecule has 23 heavy (non-hydrogen) atoms. The van der Waals surface area contributed by atoms with Crippen LogP contribution in [0.2, 0.25) is 0 Å². The number of rotatable bonds is 4. The molecule has 0 saturated carbocycles. The standard InChI is InChI=1S/C16H15BrN4O2/c1-16(2,3)13-9-12(21-23-13)14(22)15(18-4)20-19-11-7-5-10(17)6-8-11/h5-9,19H,1-3H3/b20-15-. The lowest BCUT2D eigenvalue weighted by Gasteiger charge is -2.11. The first kappa shape index (κ1) is 16.9. The van der Waals surface area contributed by atoms with Crippen molar-refractivity contribution in [3.05, 3.63) is 57.7 Å². The molecule has 1 N–H and O–H groups in total. The summed E-state index contributed by atoms with van der Waals surface area (Å²) in [5, 5.41) is 7.59. The molecule has 0 amide bonds. The zero-order valence-corrected chi connectivity index (χ0v) is 14.5. The van der Waals surface area contributed by atoms with E-state index in [2.05, 4.69) is 36.5 Å². The Morgan fingerprint density at radius 1 is 1.35 bits per heavy atom. The van der Waals surface area contributed by atoms with Gasteiger partial charge in [0.25, 0.3) is 0 Å². The van der Waals surface area contributed by atoms with Gasteiger partial charge in [-0.15, -0.1) is 0 Å². The highest BCUT2D eigenvalue weighted by Crippen LogP contribution is 2.23. The number of ketones is 1. The van der Waals surface area contributed by atoms with Crippen LogP contribution in [0.5, 0.6) is 0 Å². The van der Waals surface area contributed by atoms with Gasteiger partial charge in [0, 0.05) is 16.0 Å². The Hall–Kier alpha value is -2.46. The molecule has 7 heteroatoms. The number of carbonyl (C=O) groups is 1. The molecule has 0 saturated heterocycles. The van der Waals surface area contributed by atoms with Gasteiger partial charge in [-0.05, 0) is 29.4 Å². The van der Waals surface area contributed by atoms with Crippen LogP contribution in [0, 0.1) is 6.57 Å². The van der Waals surface area contributed by atoms with Gasteiger partial charge in [-0.25, -0.2) is 5.43 Å². The molecule has 2 aromatic rings. The van der Waals surface area contributed by atoms with Gasteiger partial charge in [-0.1, -0.05) is 48.4 Å². The summed E-state index contributed by atoms with van der Waals surface area (Å²) in [5.74, 6) is -0.309. The highest BCUT2D eigenvalue weighted by Gasteiger charge is 2.24. The second-order valence-corrected chi connectivity index (χ2v) is 6.74. The summed E-state index contributed by atoms with van der Waals surface area (Å²) >= 11 is 3.33. The van der Waals surface area contributed by atoms with Crippen LogP contribution >= 0.6 is 15.9 Å². The van der Waals surface area contributed by atoms with Crippen molar-refractivity contribution < 1.29 is 9.32 Å². The van der Waals surface area contributed by atoms with E-state index >= 15 is 0 Å². The Kier molecular flexibility index (Phi) is 4.96. The summed E-state index contributed by atoms with van der Waals surface area (Å²) in [7, 11) is 0. The van der Waals surface area contributed by atoms with Crippen molar-refractivity contribution in [2.75, 3.05) is 5.43 Å². The molecule has 118 valence electrons. The summed E-state index contributed by atoms with van der Waals surface area (Å²) in [6, 6.07) is 8.73. The van der Waals surface area contributed by atoms with Crippen molar-refractivity contribution >= 4 is 33.2 Å². The first-order valence-corrected chi connectivity index (χ1v) is 7.59. The molecule has 2 rings (SSSR count). The van der Waals surface area contributed by atoms with E-state index in [1.807, 2.05) is 32.9 Å². The minimum Gasteiger partial charge on any atom is -0.360 e. The Bertz CT molecular complexity index is 780. The van der Waals surface area contributed by atoms with E-state index in [4.69, 9.17) is 11.1 Å². The SMILES string of the molecule is [C-]#[N+]/C(=N\Nc1ccc(Br)cc1)C(=O)c1cc(C(C)(C)C)on1. The van der Waals surface area contributed by atoms with E-state index in [9.17, 15) is 4.79 Å². The number of anilines is 1. The molecule has 0 radical (unpaired) electrons. The molecule has 0 unspecified atom stereocenters. The number of carbonyl (C=O) groups excluding carboxylic acids is 1. The van der Waals surface area contributed by atoms with Crippen LogP contribution in [0.4, 0.5) is 5.69 Å². The van der Waals surface area contributed by atoms with Crippen molar-refractivity contribution in [1.29, 1.82) is 0 Å². The van der Waals surface area contributed by atoms with Gasteiger partial charge in [0.1, 0.15) is 11.5 Å². The monoisotopic (exact) mass is 374 g/mol. The van der Waals surface area contributed by atoms with Crippen molar-refractivity contribution in [3.63, 3.8) is 0 Å². The smallest absolute Gasteiger partial charge is 0.343 e. The number of hydrogen-bond donors (Lipinski definition) is 1. The summed E-state index contributed by atoms with van der Waals surface area (Å²) in [5.41, 5.74) is 3.15. The molecule has 6 nitrogen and oxygen atoms in total. The van der Waals surface area contributed by atoms with Crippen molar-refractivity contribution in [2.24, 2.45) is 5.10 Å². The molecular formula is C16H15BrN4O2. The number of benzene rings is 1. The van der Waals surface area contributed by atoms with Gasteiger partial charge in [-0.3, -0.25) is 4.79 Å². The topological polar surface area (TPSA) is 71.8 Å². The third kappa shape index (κ3) is 4.27. The fourth-order valence-corrected chi connectivity index (χ4v) is 1.88. The largest absolute Gasteiger partial charge is 0.360 e. The molecule has 0 atom stereocenters. The first-order chi connectivity index (χ1) is 10.8. The zero-order valence-electron chi connectivity index (χ0n) is 12.9. The lowest BCUT2D eigenvalue weighted by molar-refractivity contribution is 0.105. The summed E-state index contributed by atoms with van der Waals surface area (Å²) in [6.07, 6.45) is 0. The van der Waals surface area contributed by atoms with Gasteiger partial charge in [-0.2, -0.15) is 0 Å². The molecule has 0 bridgehead atoms. The van der Waals surface area contributed by atoms with Crippen LogP contribution in [-0.2, 0) is 5.41 Å². The van der Waals surface area contributed by atoms with E-state index < -0.39 is 5.78 Å². The third-order valence-electron chi connectivity index (χ3n) is 2.93. The lowest BCUT2D eigenvalue weighted by atomic mass is 9.93. The number of hydrogen-bond acceptors (Lipinski definition) is 5. The molecule has 0 aliphatic carbocycles. The Morgan fingerprint density at radius 2 is 2.00 bits per heavy atom. The number of nitrogens with zero attached hydrogens (tertiary/aromatic N) is 3. The first-order valence-electron chi connectivity index (χ1n) is 6.80. The van der Waals surface area contributed by atoms with E-state index in [0.717, 1.165) is 4.47 Å². The Balaban J connectivity index is 2.18. The van der Waals surface area contributed by atoms with Crippen LogP contribution in [0.1, 0.15) is 37.0 Å². The minimum atomic E-state index is -0.580. The van der Waals surface area contributed by atoms with Crippen LogP contribution < -0.4 is 5.43 Å². The highest BCUT2D eigenvalue weighted by molar-refractivity contribution is 9.10. The maximum absolute atomic E-state index is 12.3. The molecule has 1 aromatic heterocycles. The van der Waals surface area contributed by atoms with E-state index in [-0.39, 0.29) is 16.9 Å². The van der Waals surface area contributed by atoms with Crippen molar-refractivity contribution in [2.45, 2.75) is 26.2 Å². The lowest BCUT2D eigenvalue weighted by Crippen LogP contribution is -2.13. The van der Waals surface area contributed by atoms with Gasteiger partial charge < -0.3 is 9.37 Å². The normalized spacial score (nSPS) is 11.9. The van der Waals surface area contributed by atoms with Crippen LogP contribution in [0.3, 0.4) is 0 Å². The van der Waals surface area contributed by atoms with Crippen LogP contribution in [-0.4, -0.2) is 16.8 Å². The highest BCUT2D eigenvalue weighted by atomic mass is 79.9. The summed E-state index contributed by atoms with van der Waals surface area (Å²) < 4.78 is 6.09. The number of Topliss-reactive ketones (excluding diaryl/α,β-unsaturated/α-hetero) is 1. The van der Waals surface area contributed by atoms with Gasteiger partial charge in [0.15, 0.2) is 0 Å². The summed E-state index contributed by atoms with van der Waals surface area (Å²) in [6.45, 7) is 13.0. The second-order valence-electron chi connectivity index (χ2n) is 5.82.